The number of nitrogens with zero attached hydrogens (tertiary/aromatic N) is 2. The Morgan fingerprint density at radius 1 is 1.40 bits per heavy atom. The van der Waals surface area contributed by atoms with Crippen LogP contribution in [0.15, 0.2) is 36.5 Å². The van der Waals surface area contributed by atoms with Gasteiger partial charge in [-0.1, -0.05) is 19.1 Å². The first-order chi connectivity index (χ1) is 9.78. The molecule has 2 aromatic rings. The summed E-state index contributed by atoms with van der Waals surface area (Å²) in [7, 11) is 1.67. The average molecular weight is 274 g/mol. The van der Waals surface area contributed by atoms with Crippen LogP contribution in [0.5, 0.6) is 5.75 Å². The van der Waals surface area contributed by atoms with Crippen molar-refractivity contribution in [3.05, 3.63) is 47.8 Å². The Morgan fingerprint density at radius 3 is 2.95 bits per heavy atom. The third kappa shape index (κ3) is 3.37. The minimum absolute atomic E-state index is 0.0381. The summed E-state index contributed by atoms with van der Waals surface area (Å²) < 4.78 is 7.26. The Bertz CT molecular complexity index is 538. The molecule has 1 heterocycles. The van der Waals surface area contributed by atoms with Gasteiger partial charge in [0, 0.05) is 12.7 Å². The summed E-state index contributed by atoms with van der Waals surface area (Å²) in [6, 6.07) is 10.1. The monoisotopic (exact) mass is 274 g/mol. The van der Waals surface area contributed by atoms with Gasteiger partial charge in [-0.15, -0.1) is 0 Å². The molecule has 2 rings (SSSR count). The average Bonchev–Trinajstić information content (AvgIpc) is 2.93. The van der Waals surface area contributed by atoms with Gasteiger partial charge in [0.25, 0.3) is 0 Å². The van der Waals surface area contributed by atoms with Crippen molar-refractivity contribution < 1.29 is 4.74 Å². The van der Waals surface area contributed by atoms with E-state index in [-0.39, 0.29) is 6.04 Å². The molecule has 3 N–H and O–H groups in total. The van der Waals surface area contributed by atoms with Gasteiger partial charge in [-0.25, -0.2) is 0 Å². The third-order valence-corrected chi connectivity index (χ3v) is 3.32. The van der Waals surface area contributed by atoms with E-state index in [1.54, 1.807) is 7.11 Å². The van der Waals surface area contributed by atoms with E-state index >= 15 is 0 Å². The van der Waals surface area contributed by atoms with E-state index in [0.717, 1.165) is 30.8 Å². The molecule has 5 nitrogen and oxygen atoms in total. The number of nitrogens with one attached hydrogen (secondary N) is 1. The van der Waals surface area contributed by atoms with Gasteiger partial charge in [-0.05, 0) is 36.6 Å². The van der Waals surface area contributed by atoms with Gasteiger partial charge in [0.05, 0.1) is 18.8 Å². The van der Waals surface area contributed by atoms with Crippen molar-refractivity contribution in [2.45, 2.75) is 32.4 Å². The zero-order valence-corrected chi connectivity index (χ0v) is 12.0. The van der Waals surface area contributed by atoms with Crippen LogP contribution in [0.1, 0.15) is 30.6 Å². The maximum Gasteiger partial charge on any atom is 0.119 e. The van der Waals surface area contributed by atoms with Crippen molar-refractivity contribution in [2.75, 3.05) is 7.11 Å². The molecule has 1 atom stereocenters. The van der Waals surface area contributed by atoms with Crippen molar-refractivity contribution >= 4 is 0 Å². The van der Waals surface area contributed by atoms with E-state index < -0.39 is 0 Å². The molecule has 0 spiro atoms. The van der Waals surface area contributed by atoms with E-state index in [9.17, 15) is 0 Å². The van der Waals surface area contributed by atoms with Gasteiger partial charge in [-0.2, -0.15) is 5.10 Å². The molecule has 1 unspecified atom stereocenters. The Hall–Kier alpha value is -1.85. The lowest BCUT2D eigenvalue weighted by Crippen LogP contribution is -2.31. The number of methoxy groups -OCH3 is 1. The van der Waals surface area contributed by atoms with Crippen molar-refractivity contribution in [3.8, 4) is 5.75 Å². The summed E-state index contributed by atoms with van der Waals surface area (Å²) >= 11 is 0. The largest absolute Gasteiger partial charge is 0.497 e. The summed E-state index contributed by atoms with van der Waals surface area (Å²) in [5, 5.41) is 4.35. The number of aromatic nitrogens is 2. The molecule has 1 aromatic carbocycles. The van der Waals surface area contributed by atoms with Gasteiger partial charge in [0.15, 0.2) is 0 Å². The highest BCUT2D eigenvalue weighted by atomic mass is 16.5. The van der Waals surface area contributed by atoms with Crippen molar-refractivity contribution in [1.82, 2.24) is 15.2 Å². The summed E-state index contributed by atoms with van der Waals surface area (Å²) in [6.07, 6.45) is 3.66. The minimum atomic E-state index is 0.0381. The second-order valence-corrected chi connectivity index (χ2v) is 4.75. The minimum Gasteiger partial charge on any atom is -0.497 e. The Labute approximate surface area is 119 Å². The van der Waals surface area contributed by atoms with Crippen LogP contribution in [-0.4, -0.2) is 16.9 Å². The molecule has 0 aliphatic rings. The topological polar surface area (TPSA) is 65.1 Å². The quantitative estimate of drug-likeness (QED) is 0.599. The molecule has 20 heavy (non-hydrogen) atoms. The van der Waals surface area contributed by atoms with Crippen LogP contribution in [0.25, 0.3) is 0 Å². The Morgan fingerprint density at radius 2 is 2.25 bits per heavy atom. The van der Waals surface area contributed by atoms with Gasteiger partial charge in [-0.3, -0.25) is 16.0 Å². The molecule has 0 radical (unpaired) electrons. The van der Waals surface area contributed by atoms with E-state index in [0.29, 0.717) is 0 Å². The van der Waals surface area contributed by atoms with E-state index in [1.165, 1.54) is 5.56 Å². The van der Waals surface area contributed by atoms with Gasteiger partial charge in [0.2, 0.25) is 0 Å². The predicted octanol–water partition coefficient (Wildman–Crippen LogP) is 2.05. The molecule has 0 saturated carbocycles. The zero-order chi connectivity index (χ0) is 14.4. The van der Waals surface area contributed by atoms with Crippen molar-refractivity contribution in [3.63, 3.8) is 0 Å². The fraction of sp³-hybridized carbons (Fsp3) is 0.400. The molecule has 0 aliphatic heterocycles. The van der Waals surface area contributed by atoms with E-state index in [1.807, 2.05) is 35.1 Å². The number of rotatable bonds is 7. The molecule has 0 saturated heterocycles. The number of hydrogen-bond acceptors (Lipinski definition) is 4. The lowest BCUT2D eigenvalue weighted by molar-refractivity contribution is 0.413. The van der Waals surface area contributed by atoms with Gasteiger partial charge < -0.3 is 4.74 Å². The maximum atomic E-state index is 5.73. The van der Waals surface area contributed by atoms with Crippen LogP contribution in [0.3, 0.4) is 0 Å². The highest BCUT2D eigenvalue weighted by molar-refractivity contribution is 5.29. The lowest BCUT2D eigenvalue weighted by Gasteiger charge is -2.18. The molecule has 1 aromatic heterocycles. The highest BCUT2D eigenvalue weighted by Gasteiger charge is 2.15. The molecule has 0 amide bonds. The van der Waals surface area contributed by atoms with Gasteiger partial charge in [0.1, 0.15) is 5.75 Å². The van der Waals surface area contributed by atoms with Crippen LogP contribution in [0.2, 0.25) is 0 Å². The number of aryl methyl sites for hydroxylation is 1. The number of hydrazine groups is 1. The van der Waals surface area contributed by atoms with Crippen molar-refractivity contribution in [2.24, 2.45) is 5.84 Å². The summed E-state index contributed by atoms with van der Waals surface area (Å²) in [5.74, 6) is 6.59. The van der Waals surface area contributed by atoms with E-state index in [4.69, 9.17) is 10.6 Å². The van der Waals surface area contributed by atoms with Crippen LogP contribution >= 0.6 is 0 Å². The fourth-order valence-electron chi connectivity index (χ4n) is 2.32. The number of nitrogens with two attached hydrogens (primary N) is 1. The van der Waals surface area contributed by atoms with E-state index in [2.05, 4.69) is 23.5 Å². The fourth-order valence-corrected chi connectivity index (χ4v) is 2.32. The highest BCUT2D eigenvalue weighted by Crippen LogP contribution is 2.20. The van der Waals surface area contributed by atoms with Crippen LogP contribution in [0.4, 0.5) is 0 Å². The Kier molecular flexibility index (Phi) is 5.15. The summed E-state index contributed by atoms with van der Waals surface area (Å²) in [6.45, 7) is 3.04. The smallest absolute Gasteiger partial charge is 0.119 e. The van der Waals surface area contributed by atoms with Crippen molar-refractivity contribution in [1.29, 1.82) is 0 Å². The molecule has 0 fully saturated rings. The lowest BCUT2D eigenvalue weighted by atomic mass is 10.0. The molecule has 0 aliphatic carbocycles. The first-order valence-electron chi connectivity index (χ1n) is 6.89. The van der Waals surface area contributed by atoms with Gasteiger partial charge >= 0.3 is 0 Å². The molecular formula is C15H22N4O. The van der Waals surface area contributed by atoms with Crippen LogP contribution < -0.4 is 16.0 Å². The number of hydrogen-bond donors (Lipinski definition) is 2. The van der Waals surface area contributed by atoms with Crippen LogP contribution in [0, 0.1) is 0 Å². The molecule has 0 bridgehead atoms. The standard InChI is InChI=1S/C15H22N4O/c1-3-9-19-15(7-8-17-19)14(18-16)11-12-5-4-6-13(10-12)20-2/h4-8,10,14,18H,3,9,11,16H2,1-2H3. The number of ether oxygens (including phenoxy) is 1. The molecule has 5 heteroatoms. The second kappa shape index (κ2) is 7.07. The normalized spacial score (nSPS) is 12.3. The molecular weight excluding hydrogens is 252 g/mol. The first-order valence-corrected chi connectivity index (χ1v) is 6.89. The third-order valence-electron chi connectivity index (χ3n) is 3.32. The number of benzene rings is 1. The Balaban J connectivity index is 2.17. The second-order valence-electron chi connectivity index (χ2n) is 4.75. The summed E-state index contributed by atoms with van der Waals surface area (Å²) in [5.41, 5.74) is 5.17. The van der Waals surface area contributed by atoms with Crippen LogP contribution in [-0.2, 0) is 13.0 Å². The first kappa shape index (κ1) is 14.6. The maximum absolute atomic E-state index is 5.73. The SMILES string of the molecule is CCCn1nccc1C(Cc1cccc(OC)c1)NN. The zero-order valence-electron chi connectivity index (χ0n) is 12.0. The molecule has 108 valence electrons. The summed E-state index contributed by atoms with van der Waals surface area (Å²) in [4.78, 5) is 0. The predicted molar refractivity (Wildman–Crippen MR) is 79.3 cm³/mol.